The van der Waals surface area contributed by atoms with Gasteiger partial charge < -0.3 is 14.5 Å². The van der Waals surface area contributed by atoms with E-state index in [9.17, 15) is 9.59 Å². The van der Waals surface area contributed by atoms with Crippen LogP contribution in [-0.2, 0) is 9.53 Å². The van der Waals surface area contributed by atoms with Crippen molar-refractivity contribution >= 4 is 27.8 Å². The minimum absolute atomic E-state index is 0.0751. The summed E-state index contributed by atoms with van der Waals surface area (Å²) >= 11 is 3.07. The number of carbonyl (C=O) groups excluding carboxylic acids is 2. The molecule has 6 heteroatoms. The van der Waals surface area contributed by atoms with Crippen molar-refractivity contribution in [1.29, 1.82) is 0 Å². The number of amides is 1. The summed E-state index contributed by atoms with van der Waals surface area (Å²) < 4.78 is 10.2. The molecule has 2 rings (SSSR count). The fourth-order valence-corrected chi connectivity index (χ4v) is 1.43. The molecule has 0 bridgehead atoms. The van der Waals surface area contributed by atoms with Crippen LogP contribution in [0.4, 0.5) is 0 Å². The van der Waals surface area contributed by atoms with Crippen LogP contribution in [0.15, 0.2) is 21.2 Å². The van der Waals surface area contributed by atoms with Gasteiger partial charge in [0, 0.05) is 6.04 Å². The van der Waals surface area contributed by atoms with Gasteiger partial charge in [0.25, 0.3) is 5.91 Å². The summed E-state index contributed by atoms with van der Waals surface area (Å²) in [6.45, 7) is -0.270. The molecule has 5 nitrogen and oxygen atoms in total. The molecule has 1 amide bonds. The maximum Gasteiger partial charge on any atom is 0.374 e. The maximum atomic E-state index is 11.3. The molecule has 1 saturated carbocycles. The van der Waals surface area contributed by atoms with Gasteiger partial charge >= 0.3 is 5.97 Å². The van der Waals surface area contributed by atoms with Crippen molar-refractivity contribution in [1.82, 2.24) is 5.32 Å². The zero-order valence-electron chi connectivity index (χ0n) is 8.36. The lowest BCUT2D eigenvalue weighted by Gasteiger charge is -2.03. The number of hydrogen-bond donors (Lipinski definition) is 1. The topological polar surface area (TPSA) is 68.5 Å². The monoisotopic (exact) mass is 287 g/mol. The summed E-state index contributed by atoms with van der Waals surface area (Å²) in [6.07, 6.45) is 2.01. The lowest BCUT2D eigenvalue weighted by molar-refractivity contribution is -0.124. The summed E-state index contributed by atoms with van der Waals surface area (Å²) in [5.74, 6) is -0.843. The first-order valence-electron chi connectivity index (χ1n) is 4.87. The number of halogens is 1. The highest BCUT2D eigenvalue weighted by Gasteiger charge is 2.23. The van der Waals surface area contributed by atoms with Gasteiger partial charge in [0.15, 0.2) is 11.3 Å². The Morgan fingerprint density at radius 2 is 2.25 bits per heavy atom. The van der Waals surface area contributed by atoms with E-state index in [-0.39, 0.29) is 24.3 Å². The fraction of sp³-hybridized carbons (Fsp3) is 0.400. The zero-order chi connectivity index (χ0) is 11.5. The van der Waals surface area contributed by atoms with Crippen LogP contribution in [0.2, 0.25) is 0 Å². The fourth-order valence-electron chi connectivity index (χ4n) is 1.12. The molecule has 0 unspecified atom stereocenters. The molecule has 0 saturated heterocycles. The molecule has 1 aliphatic rings. The molecule has 86 valence electrons. The molecule has 1 aromatic rings. The second-order valence-corrected chi connectivity index (χ2v) is 4.30. The highest BCUT2D eigenvalue weighted by atomic mass is 79.9. The Morgan fingerprint density at radius 1 is 1.50 bits per heavy atom. The number of rotatable bonds is 4. The van der Waals surface area contributed by atoms with Crippen LogP contribution in [0.1, 0.15) is 23.4 Å². The molecule has 0 atom stereocenters. The Balaban J connectivity index is 1.76. The van der Waals surface area contributed by atoms with Gasteiger partial charge in [-0.25, -0.2) is 4.79 Å². The summed E-state index contributed by atoms with van der Waals surface area (Å²) in [7, 11) is 0. The van der Waals surface area contributed by atoms with Crippen molar-refractivity contribution < 1.29 is 18.7 Å². The summed E-state index contributed by atoms with van der Waals surface area (Å²) in [6, 6.07) is 3.33. The molecule has 1 fully saturated rings. The molecular weight excluding hydrogens is 278 g/mol. The van der Waals surface area contributed by atoms with Gasteiger partial charge in [-0.05, 0) is 40.9 Å². The van der Waals surface area contributed by atoms with Gasteiger partial charge in [-0.1, -0.05) is 0 Å². The first-order valence-corrected chi connectivity index (χ1v) is 5.66. The Bertz CT molecular complexity index is 411. The van der Waals surface area contributed by atoms with Crippen LogP contribution in [0.25, 0.3) is 0 Å². The Hall–Kier alpha value is -1.30. The second kappa shape index (κ2) is 4.69. The SMILES string of the molecule is O=C(COC(=O)c1ccc(Br)o1)NC1CC1. The van der Waals surface area contributed by atoms with E-state index in [1.165, 1.54) is 6.07 Å². The smallest absolute Gasteiger partial charge is 0.374 e. The first-order chi connectivity index (χ1) is 7.65. The lowest BCUT2D eigenvalue weighted by Crippen LogP contribution is -2.30. The van der Waals surface area contributed by atoms with Crippen LogP contribution >= 0.6 is 15.9 Å². The summed E-state index contributed by atoms with van der Waals surface area (Å²) in [4.78, 5) is 22.6. The zero-order valence-corrected chi connectivity index (χ0v) is 9.95. The van der Waals surface area contributed by atoms with Crippen LogP contribution in [-0.4, -0.2) is 24.5 Å². The van der Waals surface area contributed by atoms with E-state index in [4.69, 9.17) is 9.15 Å². The van der Waals surface area contributed by atoms with E-state index < -0.39 is 5.97 Å². The van der Waals surface area contributed by atoms with Crippen molar-refractivity contribution in [3.63, 3.8) is 0 Å². The standard InChI is InChI=1S/C10H10BrNO4/c11-8-4-3-7(16-8)10(14)15-5-9(13)12-6-1-2-6/h3-4,6H,1-2,5H2,(H,12,13). The highest BCUT2D eigenvalue weighted by Crippen LogP contribution is 2.18. The summed E-state index contributed by atoms with van der Waals surface area (Å²) in [5, 5.41) is 2.71. The first kappa shape index (κ1) is 11.2. The van der Waals surface area contributed by atoms with Crippen LogP contribution < -0.4 is 5.32 Å². The molecule has 1 aromatic heterocycles. The maximum absolute atomic E-state index is 11.3. The normalized spacial score (nSPS) is 14.6. The van der Waals surface area contributed by atoms with Crippen molar-refractivity contribution in [2.75, 3.05) is 6.61 Å². The molecule has 0 radical (unpaired) electrons. The third-order valence-corrected chi connectivity index (χ3v) is 2.48. The molecule has 0 aliphatic heterocycles. The molecule has 1 heterocycles. The van der Waals surface area contributed by atoms with E-state index in [0.29, 0.717) is 4.67 Å². The molecule has 1 N–H and O–H groups in total. The van der Waals surface area contributed by atoms with Gasteiger partial charge in [-0.2, -0.15) is 0 Å². The minimum Gasteiger partial charge on any atom is -0.450 e. The minimum atomic E-state index is -0.642. The van der Waals surface area contributed by atoms with Crippen molar-refractivity contribution in [3.05, 3.63) is 22.6 Å². The second-order valence-electron chi connectivity index (χ2n) is 3.52. The van der Waals surface area contributed by atoms with Crippen LogP contribution in [0.3, 0.4) is 0 Å². The number of furan rings is 1. The lowest BCUT2D eigenvalue weighted by atomic mass is 10.4. The van der Waals surface area contributed by atoms with Crippen molar-refractivity contribution in [3.8, 4) is 0 Å². The third-order valence-electron chi connectivity index (χ3n) is 2.05. The number of esters is 1. The number of ether oxygens (including phenoxy) is 1. The quantitative estimate of drug-likeness (QED) is 0.852. The van der Waals surface area contributed by atoms with Crippen molar-refractivity contribution in [2.24, 2.45) is 0 Å². The van der Waals surface area contributed by atoms with E-state index in [1.807, 2.05) is 0 Å². The van der Waals surface area contributed by atoms with Crippen molar-refractivity contribution in [2.45, 2.75) is 18.9 Å². The van der Waals surface area contributed by atoms with E-state index in [0.717, 1.165) is 12.8 Å². The van der Waals surface area contributed by atoms with Gasteiger partial charge in [-0.15, -0.1) is 0 Å². The van der Waals surface area contributed by atoms with Gasteiger partial charge in [-0.3, -0.25) is 4.79 Å². The van der Waals surface area contributed by atoms with Crippen LogP contribution in [0.5, 0.6) is 0 Å². The molecule has 1 aliphatic carbocycles. The number of nitrogens with one attached hydrogen (secondary N) is 1. The van der Waals surface area contributed by atoms with E-state index >= 15 is 0 Å². The number of carbonyl (C=O) groups is 2. The number of hydrogen-bond acceptors (Lipinski definition) is 4. The Morgan fingerprint density at radius 3 is 2.81 bits per heavy atom. The molecule has 0 aromatic carbocycles. The predicted octanol–water partition coefficient (Wildman–Crippen LogP) is 1.48. The van der Waals surface area contributed by atoms with Gasteiger partial charge in [0.05, 0.1) is 0 Å². The third kappa shape index (κ3) is 3.10. The molecule has 0 spiro atoms. The van der Waals surface area contributed by atoms with Crippen LogP contribution in [0, 0.1) is 0 Å². The van der Waals surface area contributed by atoms with Gasteiger partial charge in [0.1, 0.15) is 0 Å². The molecule has 16 heavy (non-hydrogen) atoms. The summed E-state index contributed by atoms with van der Waals surface area (Å²) in [5.41, 5.74) is 0. The highest BCUT2D eigenvalue weighted by molar-refractivity contribution is 9.10. The van der Waals surface area contributed by atoms with E-state index in [2.05, 4.69) is 21.2 Å². The van der Waals surface area contributed by atoms with E-state index in [1.54, 1.807) is 6.07 Å². The largest absolute Gasteiger partial charge is 0.450 e. The average molecular weight is 288 g/mol. The average Bonchev–Trinajstić information content (AvgIpc) is 2.95. The Labute approximate surface area is 100 Å². The Kier molecular flexibility index (Phi) is 3.28. The predicted molar refractivity (Wildman–Crippen MR) is 57.9 cm³/mol. The molecular formula is C10H10BrNO4. The van der Waals surface area contributed by atoms with Gasteiger partial charge in [0.2, 0.25) is 5.76 Å².